The van der Waals surface area contributed by atoms with Crippen molar-refractivity contribution in [1.82, 2.24) is 15.1 Å². The third-order valence-corrected chi connectivity index (χ3v) is 3.26. The Hall–Kier alpha value is -2.48. The monoisotopic (exact) mass is 276 g/mol. The molecule has 2 aromatic rings. The number of hydrogen-bond acceptors (Lipinski definition) is 5. The van der Waals surface area contributed by atoms with Crippen molar-refractivity contribution in [3.05, 3.63) is 34.0 Å². The predicted octanol–water partition coefficient (Wildman–Crippen LogP) is 0.944. The highest BCUT2D eigenvalue weighted by Gasteiger charge is 2.23. The van der Waals surface area contributed by atoms with E-state index in [2.05, 4.69) is 10.2 Å². The molecule has 20 heavy (non-hydrogen) atoms. The number of carbonyl (C=O) groups is 1. The van der Waals surface area contributed by atoms with Gasteiger partial charge in [-0.15, -0.1) is 0 Å². The first-order valence-corrected chi connectivity index (χ1v) is 6.16. The number of nitrogens with zero attached hydrogens (tertiary/aromatic N) is 3. The van der Waals surface area contributed by atoms with Crippen LogP contribution in [0, 0.1) is 10.1 Å². The van der Waals surface area contributed by atoms with Crippen molar-refractivity contribution in [3.8, 4) is 0 Å². The Bertz CT molecular complexity index is 675. The van der Waals surface area contributed by atoms with Gasteiger partial charge in [0.05, 0.1) is 23.7 Å². The highest BCUT2D eigenvalue weighted by Crippen LogP contribution is 2.22. The smallest absolute Gasteiger partial charge is 0.275 e. The summed E-state index contributed by atoms with van der Waals surface area (Å²) in [5, 5.41) is 18.0. The van der Waals surface area contributed by atoms with E-state index in [0.717, 1.165) is 0 Å². The van der Waals surface area contributed by atoms with Gasteiger partial charge in [-0.1, -0.05) is 0 Å². The molecular weight excluding hydrogens is 264 g/mol. The normalized spacial score (nSPS) is 15.5. The Morgan fingerprint density at radius 2 is 2.15 bits per heavy atom. The lowest BCUT2D eigenvalue weighted by Gasteiger charge is -2.26. The number of amides is 1. The number of nitro benzene ring substituents is 1. The van der Waals surface area contributed by atoms with Crippen molar-refractivity contribution in [3.63, 3.8) is 0 Å². The zero-order chi connectivity index (χ0) is 14.1. The van der Waals surface area contributed by atoms with Crippen LogP contribution in [0.2, 0.25) is 0 Å². The minimum absolute atomic E-state index is 0.0356. The molecule has 0 bridgehead atoms. The van der Waals surface area contributed by atoms with E-state index in [1.54, 1.807) is 11.0 Å². The van der Waals surface area contributed by atoms with Gasteiger partial charge in [0.25, 0.3) is 11.6 Å². The Balaban J connectivity index is 1.95. The largest absolute Gasteiger partial charge is 0.378 e. The summed E-state index contributed by atoms with van der Waals surface area (Å²) >= 11 is 0. The van der Waals surface area contributed by atoms with Crippen molar-refractivity contribution in [1.29, 1.82) is 0 Å². The molecule has 104 valence electrons. The molecule has 1 saturated heterocycles. The van der Waals surface area contributed by atoms with E-state index in [1.807, 2.05) is 0 Å². The van der Waals surface area contributed by atoms with Crippen LogP contribution < -0.4 is 0 Å². The van der Waals surface area contributed by atoms with Crippen LogP contribution in [-0.4, -0.2) is 52.2 Å². The number of H-pyrrole nitrogens is 1. The molecule has 1 amide bonds. The van der Waals surface area contributed by atoms with Gasteiger partial charge in [-0.25, -0.2) is 0 Å². The number of aromatic amines is 1. The third-order valence-electron chi connectivity index (χ3n) is 3.26. The molecule has 1 fully saturated rings. The fourth-order valence-electron chi connectivity index (χ4n) is 2.20. The van der Waals surface area contributed by atoms with Crippen LogP contribution in [0.25, 0.3) is 10.9 Å². The molecule has 0 saturated carbocycles. The van der Waals surface area contributed by atoms with E-state index in [1.165, 1.54) is 12.1 Å². The Kier molecular flexibility index (Phi) is 3.07. The molecule has 3 rings (SSSR count). The molecule has 0 atom stereocenters. The number of rotatable bonds is 2. The van der Waals surface area contributed by atoms with Gasteiger partial charge in [-0.2, -0.15) is 5.10 Å². The summed E-state index contributed by atoms with van der Waals surface area (Å²) in [5.41, 5.74) is 0.735. The minimum atomic E-state index is -0.482. The molecule has 1 aromatic carbocycles. The summed E-state index contributed by atoms with van der Waals surface area (Å²) < 4.78 is 5.20. The molecular formula is C12H12N4O4. The molecule has 2 heterocycles. The van der Waals surface area contributed by atoms with Crippen LogP contribution in [0.5, 0.6) is 0 Å². The fourth-order valence-corrected chi connectivity index (χ4v) is 2.20. The van der Waals surface area contributed by atoms with Gasteiger partial charge in [-0.05, 0) is 6.07 Å². The Labute approximate surface area is 113 Å². The zero-order valence-corrected chi connectivity index (χ0v) is 10.5. The fraction of sp³-hybridized carbons (Fsp3) is 0.333. The van der Waals surface area contributed by atoms with E-state index in [0.29, 0.717) is 37.2 Å². The first-order valence-electron chi connectivity index (χ1n) is 6.16. The van der Waals surface area contributed by atoms with Crippen molar-refractivity contribution >= 4 is 22.5 Å². The van der Waals surface area contributed by atoms with Gasteiger partial charge >= 0.3 is 0 Å². The summed E-state index contributed by atoms with van der Waals surface area (Å²) in [7, 11) is 0. The molecule has 1 N–H and O–H groups in total. The summed E-state index contributed by atoms with van der Waals surface area (Å²) in [6, 6.07) is 4.29. The van der Waals surface area contributed by atoms with Crippen molar-refractivity contribution in [2.24, 2.45) is 0 Å². The van der Waals surface area contributed by atoms with Crippen molar-refractivity contribution in [2.75, 3.05) is 26.3 Å². The van der Waals surface area contributed by atoms with Gasteiger partial charge < -0.3 is 9.64 Å². The molecule has 0 unspecified atom stereocenters. The number of hydrogen-bond donors (Lipinski definition) is 1. The molecule has 0 radical (unpaired) electrons. The average molecular weight is 276 g/mol. The van der Waals surface area contributed by atoms with Gasteiger partial charge in [0.15, 0.2) is 5.69 Å². The first kappa shape index (κ1) is 12.5. The number of aromatic nitrogens is 2. The van der Waals surface area contributed by atoms with Crippen LogP contribution in [0.15, 0.2) is 18.2 Å². The maximum atomic E-state index is 12.3. The van der Waals surface area contributed by atoms with Crippen LogP contribution in [0.1, 0.15) is 10.5 Å². The van der Waals surface area contributed by atoms with E-state index in [4.69, 9.17) is 4.74 Å². The van der Waals surface area contributed by atoms with Crippen LogP contribution in [0.3, 0.4) is 0 Å². The number of non-ortho nitro benzene ring substituents is 1. The number of nitro groups is 1. The summed E-state index contributed by atoms with van der Waals surface area (Å²) in [5.74, 6) is -0.187. The lowest BCUT2D eigenvalue weighted by atomic mass is 10.1. The standard InChI is InChI=1S/C12H12N4O4/c17-12(15-3-5-20-6-4-15)11-9-2-1-8(16(18)19)7-10(9)13-14-11/h1-2,7H,3-6H2,(H,13,14). The Morgan fingerprint density at radius 3 is 2.85 bits per heavy atom. The topological polar surface area (TPSA) is 101 Å². The number of ether oxygens (including phenoxy) is 1. The second-order valence-electron chi connectivity index (χ2n) is 4.46. The van der Waals surface area contributed by atoms with Crippen LogP contribution in [-0.2, 0) is 4.74 Å². The number of nitrogens with one attached hydrogen (secondary N) is 1. The highest BCUT2D eigenvalue weighted by molar-refractivity contribution is 6.05. The van der Waals surface area contributed by atoms with Crippen molar-refractivity contribution in [2.45, 2.75) is 0 Å². The van der Waals surface area contributed by atoms with E-state index < -0.39 is 4.92 Å². The van der Waals surface area contributed by atoms with Gasteiger partial charge in [-0.3, -0.25) is 20.0 Å². The van der Waals surface area contributed by atoms with Crippen LogP contribution in [0.4, 0.5) is 5.69 Å². The first-order chi connectivity index (χ1) is 9.66. The molecule has 0 spiro atoms. The number of morpholine rings is 1. The SMILES string of the molecule is O=C(c1n[nH]c2cc([N+](=O)[O-])ccc12)N1CCOCC1. The summed E-state index contributed by atoms with van der Waals surface area (Å²) in [4.78, 5) is 24.2. The molecule has 0 aliphatic carbocycles. The summed E-state index contributed by atoms with van der Waals surface area (Å²) in [6.45, 7) is 2.08. The molecule has 8 nitrogen and oxygen atoms in total. The van der Waals surface area contributed by atoms with Crippen LogP contribution >= 0.6 is 0 Å². The molecule has 1 aromatic heterocycles. The maximum Gasteiger partial charge on any atom is 0.275 e. The van der Waals surface area contributed by atoms with Gasteiger partial charge in [0.1, 0.15) is 0 Å². The van der Waals surface area contributed by atoms with E-state index >= 15 is 0 Å². The highest BCUT2D eigenvalue weighted by atomic mass is 16.6. The maximum absolute atomic E-state index is 12.3. The number of fused-ring (bicyclic) bond motifs is 1. The average Bonchev–Trinajstić information content (AvgIpc) is 2.90. The van der Waals surface area contributed by atoms with E-state index in [9.17, 15) is 14.9 Å². The quantitative estimate of drug-likeness (QED) is 0.649. The number of benzene rings is 1. The van der Waals surface area contributed by atoms with Gasteiger partial charge in [0, 0.05) is 30.6 Å². The predicted molar refractivity (Wildman–Crippen MR) is 69.5 cm³/mol. The Morgan fingerprint density at radius 1 is 1.40 bits per heavy atom. The molecule has 1 aliphatic heterocycles. The lowest BCUT2D eigenvalue weighted by molar-refractivity contribution is -0.384. The molecule has 1 aliphatic rings. The summed E-state index contributed by atoms with van der Waals surface area (Å²) in [6.07, 6.45) is 0. The molecule has 8 heteroatoms. The third kappa shape index (κ3) is 2.10. The van der Waals surface area contributed by atoms with E-state index in [-0.39, 0.29) is 17.3 Å². The second kappa shape index (κ2) is 4.89. The van der Waals surface area contributed by atoms with Gasteiger partial charge in [0.2, 0.25) is 0 Å². The van der Waals surface area contributed by atoms with Crippen molar-refractivity contribution < 1.29 is 14.5 Å². The lowest BCUT2D eigenvalue weighted by Crippen LogP contribution is -2.40. The second-order valence-corrected chi connectivity index (χ2v) is 4.46. The zero-order valence-electron chi connectivity index (χ0n) is 10.5. The minimum Gasteiger partial charge on any atom is -0.378 e. The number of carbonyl (C=O) groups excluding carboxylic acids is 1.